The Bertz CT molecular complexity index is 576. The lowest BCUT2D eigenvalue weighted by atomic mass is 10.0. The van der Waals surface area contributed by atoms with Gasteiger partial charge < -0.3 is 0 Å². The van der Waals surface area contributed by atoms with Gasteiger partial charge in [0, 0.05) is 10.5 Å². The van der Waals surface area contributed by atoms with Gasteiger partial charge in [0.15, 0.2) is 5.78 Å². The molecule has 0 aromatic heterocycles. The Morgan fingerprint density at radius 1 is 1.06 bits per heavy atom. The van der Waals surface area contributed by atoms with Crippen molar-refractivity contribution in [2.24, 2.45) is 0 Å². The number of thioether (sulfide) groups is 1. The topological polar surface area (TPSA) is 17.1 Å². The lowest BCUT2D eigenvalue weighted by Gasteiger charge is -2.07. The maximum absolute atomic E-state index is 12.4. The largest absolute Gasteiger partial charge is 0.288 e. The normalized spacial score (nSPS) is 10.4. The third-order valence-electron chi connectivity index (χ3n) is 2.52. The molecule has 0 radical (unpaired) electrons. The van der Waals surface area contributed by atoms with Crippen molar-refractivity contribution in [1.29, 1.82) is 0 Å². The maximum atomic E-state index is 12.4. The highest BCUT2D eigenvalue weighted by Crippen LogP contribution is 2.27. The minimum Gasteiger partial charge on any atom is -0.288 e. The van der Waals surface area contributed by atoms with Gasteiger partial charge in [-0.2, -0.15) is 0 Å². The maximum Gasteiger partial charge on any atom is 0.196 e. The lowest BCUT2D eigenvalue weighted by Crippen LogP contribution is -2.03. The van der Waals surface area contributed by atoms with Crippen LogP contribution in [0.1, 0.15) is 15.9 Å². The average Bonchev–Trinajstić information content (AvgIpc) is 2.38. The van der Waals surface area contributed by atoms with Gasteiger partial charge in [0.2, 0.25) is 0 Å². The molecular formula is C14H10Cl2OS. The van der Waals surface area contributed by atoms with E-state index in [2.05, 4.69) is 0 Å². The minimum atomic E-state index is -0.151. The molecule has 0 aliphatic carbocycles. The van der Waals surface area contributed by atoms with Crippen molar-refractivity contribution in [2.45, 2.75) is 4.90 Å². The van der Waals surface area contributed by atoms with Gasteiger partial charge in [0.25, 0.3) is 0 Å². The van der Waals surface area contributed by atoms with E-state index in [9.17, 15) is 4.79 Å². The first-order valence-electron chi connectivity index (χ1n) is 5.26. The number of benzene rings is 2. The van der Waals surface area contributed by atoms with Crippen LogP contribution in [0.3, 0.4) is 0 Å². The Kier molecular flexibility index (Phi) is 4.33. The Morgan fingerprint density at radius 3 is 2.28 bits per heavy atom. The zero-order chi connectivity index (χ0) is 13.1. The molecule has 1 nitrogen and oxygen atoms in total. The Balaban J connectivity index is 2.48. The van der Waals surface area contributed by atoms with Gasteiger partial charge >= 0.3 is 0 Å². The van der Waals surface area contributed by atoms with Crippen molar-refractivity contribution in [3.05, 3.63) is 63.6 Å². The lowest BCUT2D eigenvalue weighted by molar-refractivity contribution is 0.103. The van der Waals surface area contributed by atoms with Gasteiger partial charge in [-0.05, 0) is 30.5 Å². The van der Waals surface area contributed by atoms with Crippen molar-refractivity contribution in [3.63, 3.8) is 0 Å². The van der Waals surface area contributed by atoms with Crippen molar-refractivity contribution in [3.8, 4) is 0 Å². The third kappa shape index (κ3) is 2.72. The van der Waals surface area contributed by atoms with Crippen LogP contribution in [0.15, 0.2) is 47.4 Å². The number of halogens is 2. The predicted octanol–water partition coefficient (Wildman–Crippen LogP) is 4.95. The molecule has 18 heavy (non-hydrogen) atoms. The summed E-state index contributed by atoms with van der Waals surface area (Å²) in [6, 6.07) is 12.5. The molecule has 0 aliphatic rings. The van der Waals surface area contributed by atoms with Gasteiger partial charge in [0.1, 0.15) is 0 Å². The van der Waals surface area contributed by atoms with E-state index < -0.39 is 0 Å². The fraction of sp³-hybridized carbons (Fsp3) is 0.0714. The van der Waals surface area contributed by atoms with Crippen LogP contribution in [-0.4, -0.2) is 12.0 Å². The molecule has 0 bridgehead atoms. The quantitative estimate of drug-likeness (QED) is 0.589. The van der Waals surface area contributed by atoms with E-state index in [1.807, 2.05) is 24.5 Å². The second-order valence-electron chi connectivity index (χ2n) is 3.66. The van der Waals surface area contributed by atoms with E-state index in [1.165, 1.54) is 0 Å². The smallest absolute Gasteiger partial charge is 0.196 e. The fourth-order valence-corrected chi connectivity index (χ4v) is 2.65. The molecule has 4 heteroatoms. The molecule has 0 saturated heterocycles. The molecule has 0 atom stereocenters. The zero-order valence-electron chi connectivity index (χ0n) is 9.61. The monoisotopic (exact) mass is 296 g/mol. The molecule has 92 valence electrons. The van der Waals surface area contributed by atoms with Gasteiger partial charge in [-0.15, -0.1) is 11.8 Å². The van der Waals surface area contributed by atoms with Crippen LogP contribution >= 0.6 is 35.0 Å². The summed E-state index contributed by atoms with van der Waals surface area (Å²) in [5.41, 5.74) is 0.955. The number of hydrogen-bond donors (Lipinski definition) is 0. The average molecular weight is 297 g/mol. The molecular weight excluding hydrogens is 287 g/mol. The highest BCUT2D eigenvalue weighted by atomic mass is 35.5. The molecule has 2 aromatic carbocycles. The third-order valence-corrected chi connectivity index (χ3v) is 3.88. The van der Waals surface area contributed by atoms with Crippen LogP contribution < -0.4 is 0 Å². The summed E-state index contributed by atoms with van der Waals surface area (Å²) >= 11 is 13.7. The first kappa shape index (κ1) is 13.5. The molecule has 0 N–H and O–H groups in total. The van der Waals surface area contributed by atoms with E-state index >= 15 is 0 Å². The van der Waals surface area contributed by atoms with Gasteiger partial charge in [-0.3, -0.25) is 4.79 Å². The summed E-state index contributed by atoms with van der Waals surface area (Å²) in [5, 5.41) is 0.754. The highest BCUT2D eigenvalue weighted by Gasteiger charge is 2.16. The van der Waals surface area contributed by atoms with E-state index in [0.29, 0.717) is 21.2 Å². The molecule has 0 heterocycles. The van der Waals surface area contributed by atoms with E-state index in [1.54, 1.807) is 36.0 Å². The summed E-state index contributed by atoms with van der Waals surface area (Å²) in [4.78, 5) is 13.4. The molecule has 0 fully saturated rings. The van der Waals surface area contributed by atoms with Gasteiger partial charge in [0.05, 0.1) is 15.6 Å². The van der Waals surface area contributed by atoms with Crippen LogP contribution in [0, 0.1) is 0 Å². The highest BCUT2D eigenvalue weighted by molar-refractivity contribution is 7.98. The number of ketones is 1. The zero-order valence-corrected chi connectivity index (χ0v) is 11.9. The number of hydrogen-bond acceptors (Lipinski definition) is 2. The molecule has 0 aliphatic heterocycles. The Hall–Kier alpha value is -0.960. The van der Waals surface area contributed by atoms with Crippen molar-refractivity contribution in [2.75, 3.05) is 6.26 Å². The van der Waals surface area contributed by atoms with Crippen molar-refractivity contribution in [1.82, 2.24) is 0 Å². The van der Waals surface area contributed by atoms with Gasteiger partial charge in [-0.25, -0.2) is 0 Å². The van der Waals surface area contributed by atoms with Crippen LogP contribution in [0.25, 0.3) is 0 Å². The van der Waals surface area contributed by atoms with Crippen LogP contribution in [0.4, 0.5) is 0 Å². The predicted molar refractivity (Wildman–Crippen MR) is 78.1 cm³/mol. The van der Waals surface area contributed by atoms with Crippen LogP contribution in [-0.2, 0) is 0 Å². The number of carbonyl (C=O) groups excluding carboxylic acids is 1. The second-order valence-corrected chi connectivity index (χ2v) is 5.35. The summed E-state index contributed by atoms with van der Waals surface area (Å²) in [6.45, 7) is 0. The first-order valence-corrected chi connectivity index (χ1v) is 7.24. The summed E-state index contributed by atoms with van der Waals surface area (Å²) in [5.74, 6) is -0.151. The molecule has 0 saturated carbocycles. The molecule has 0 spiro atoms. The minimum absolute atomic E-state index is 0.151. The summed E-state index contributed by atoms with van der Waals surface area (Å²) in [6.07, 6.45) is 1.96. The molecule has 0 amide bonds. The van der Waals surface area contributed by atoms with Gasteiger partial charge in [-0.1, -0.05) is 41.4 Å². The van der Waals surface area contributed by atoms with Crippen LogP contribution in [0.2, 0.25) is 10.0 Å². The molecule has 0 unspecified atom stereocenters. The number of carbonyl (C=O) groups is 1. The SMILES string of the molecule is CSc1cccc(C(=O)c2c(Cl)cccc2Cl)c1. The molecule has 2 rings (SSSR count). The first-order chi connectivity index (χ1) is 8.63. The van der Waals surface area contributed by atoms with Crippen molar-refractivity contribution >= 4 is 40.7 Å². The number of rotatable bonds is 3. The van der Waals surface area contributed by atoms with E-state index in [-0.39, 0.29) is 5.78 Å². The molecule has 2 aromatic rings. The Labute approximate surface area is 120 Å². The summed E-state index contributed by atoms with van der Waals surface area (Å²) in [7, 11) is 0. The second kappa shape index (κ2) is 5.79. The Morgan fingerprint density at radius 2 is 1.67 bits per heavy atom. The van der Waals surface area contributed by atoms with E-state index in [4.69, 9.17) is 23.2 Å². The summed E-state index contributed by atoms with van der Waals surface area (Å²) < 4.78 is 0. The van der Waals surface area contributed by atoms with Crippen molar-refractivity contribution < 1.29 is 4.79 Å². The van der Waals surface area contributed by atoms with E-state index in [0.717, 1.165) is 4.90 Å². The fourth-order valence-electron chi connectivity index (χ4n) is 1.62. The standard InChI is InChI=1S/C14H10Cl2OS/c1-18-10-5-2-4-9(8-10)14(17)13-11(15)6-3-7-12(13)16/h2-8H,1H3. The van der Waals surface area contributed by atoms with Crippen LogP contribution in [0.5, 0.6) is 0 Å².